The molecule has 0 radical (unpaired) electrons. The molecule has 1 heterocycles. The Labute approximate surface area is 180 Å². The van der Waals surface area contributed by atoms with Gasteiger partial charge in [0.25, 0.3) is 10.0 Å². The quantitative estimate of drug-likeness (QED) is 0.676. The van der Waals surface area contributed by atoms with Crippen molar-refractivity contribution in [2.75, 3.05) is 50.0 Å². The minimum Gasteiger partial charge on any atom is -0.495 e. The molecule has 10 heteroatoms. The van der Waals surface area contributed by atoms with E-state index in [0.717, 1.165) is 31.9 Å². The third-order valence-electron chi connectivity index (χ3n) is 4.64. The number of nitrogens with zero attached hydrogens (tertiary/aromatic N) is 2. The minimum absolute atomic E-state index is 0.0275. The summed E-state index contributed by atoms with van der Waals surface area (Å²) in [6, 6.07) is 5.16. The smallest absolute Gasteiger partial charge is 0.263 e. The highest BCUT2D eigenvalue weighted by Gasteiger charge is 2.27. The van der Waals surface area contributed by atoms with Crippen molar-refractivity contribution >= 4 is 61.7 Å². The molecule has 0 bridgehead atoms. The summed E-state index contributed by atoms with van der Waals surface area (Å²) >= 11 is 17.3. The maximum Gasteiger partial charge on any atom is 0.263 e. The van der Waals surface area contributed by atoms with Crippen LogP contribution >= 0.6 is 35.4 Å². The Hall–Kier alpha value is -1.32. The second-order valence-corrected chi connectivity index (χ2v) is 9.66. The Kier molecular flexibility index (Phi) is 6.56. The number of nitrogens with one attached hydrogen (secondary N) is 1. The Morgan fingerprint density at radius 3 is 2.50 bits per heavy atom. The van der Waals surface area contributed by atoms with Crippen molar-refractivity contribution in [2.45, 2.75) is 6.42 Å². The number of hydrogen-bond donors (Lipinski definition) is 1. The van der Waals surface area contributed by atoms with Crippen LogP contribution in [0.25, 0.3) is 0 Å². The van der Waals surface area contributed by atoms with Gasteiger partial charge in [-0.25, -0.2) is 8.42 Å². The number of hydrogen-bond acceptors (Lipinski definition) is 6. The molecule has 0 aromatic heterocycles. The third-order valence-corrected chi connectivity index (χ3v) is 7.30. The maximum absolute atomic E-state index is 12.9. The number of thiocarbonyl (C=S) groups is 1. The molecule has 1 N–H and O–H groups in total. The molecule has 1 aliphatic heterocycles. The largest absolute Gasteiger partial charge is 0.495 e. The molecule has 1 fully saturated rings. The molecule has 1 aromatic rings. The van der Waals surface area contributed by atoms with E-state index in [2.05, 4.69) is 21.6 Å². The first-order valence-electron chi connectivity index (χ1n) is 8.64. The lowest BCUT2D eigenvalue weighted by molar-refractivity contribution is 0.311. The van der Waals surface area contributed by atoms with Crippen LogP contribution in [0.1, 0.15) is 6.42 Å². The number of likely N-dealkylation sites (N-methyl/N-ethyl adjacent to an activating group) is 1. The second-order valence-electron chi connectivity index (χ2n) is 6.65. The van der Waals surface area contributed by atoms with Crippen molar-refractivity contribution in [1.29, 1.82) is 0 Å². The molecular formula is C18H21Cl2N3O3S2. The van der Waals surface area contributed by atoms with E-state index in [9.17, 15) is 8.42 Å². The number of piperazine rings is 1. The first-order chi connectivity index (χ1) is 13.2. The lowest BCUT2D eigenvalue weighted by Crippen LogP contribution is -2.44. The van der Waals surface area contributed by atoms with Crippen molar-refractivity contribution in [3.8, 4) is 5.75 Å². The number of halogens is 2. The highest BCUT2D eigenvalue weighted by atomic mass is 35.5. The SMILES string of the molecule is COc1ccc(NS(=O)(=O)C2=C(Cl)C(=S)CC(Cl)=C2)cc1N1CCN(C)CC1. The van der Waals surface area contributed by atoms with Gasteiger partial charge in [0.2, 0.25) is 0 Å². The lowest BCUT2D eigenvalue weighted by Gasteiger charge is -2.35. The summed E-state index contributed by atoms with van der Waals surface area (Å²) in [6.45, 7) is 3.49. The zero-order valence-corrected chi connectivity index (χ0v) is 18.7. The van der Waals surface area contributed by atoms with E-state index in [1.807, 2.05) is 0 Å². The van der Waals surface area contributed by atoms with Crippen LogP contribution in [-0.2, 0) is 10.0 Å². The molecule has 1 aliphatic carbocycles. The average Bonchev–Trinajstić information content (AvgIpc) is 2.65. The van der Waals surface area contributed by atoms with Crippen LogP contribution in [0.2, 0.25) is 0 Å². The number of ether oxygens (including phenoxy) is 1. The molecule has 6 nitrogen and oxygen atoms in total. The van der Waals surface area contributed by atoms with E-state index in [1.165, 1.54) is 6.08 Å². The van der Waals surface area contributed by atoms with Gasteiger partial charge in [-0.2, -0.15) is 0 Å². The fraction of sp³-hybridized carbons (Fsp3) is 0.389. The van der Waals surface area contributed by atoms with E-state index < -0.39 is 10.0 Å². The van der Waals surface area contributed by atoms with E-state index in [0.29, 0.717) is 21.3 Å². The normalized spacial score (nSPS) is 18.9. The minimum atomic E-state index is -3.95. The zero-order chi connectivity index (χ0) is 20.5. The Morgan fingerprint density at radius 1 is 1.18 bits per heavy atom. The van der Waals surface area contributed by atoms with Gasteiger partial charge in [-0.15, -0.1) is 0 Å². The van der Waals surface area contributed by atoms with E-state index in [1.54, 1.807) is 25.3 Å². The predicted molar refractivity (Wildman–Crippen MR) is 119 cm³/mol. The van der Waals surface area contributed by atoms with E-state index in [4.69, 9.17) is 40.2 Å². The van der Waals surface area contributed by atoms with Crippen molar-refractivity contribution in [3.05, 3.63) is 39.2 Å². The van der Waals surface area contributed by atoms with Crippen molar-refractivity contribution in [2.24, 2.45) is 0 Å². The molecule has 3 rings (SSSR count). The summed E-state index contributed by atoms with van der Waals surface area (Å²) in [5.74, 6) is 0.687. The van der Waals surface area contributed by atoms with Gasteiger partial charge in [0.15, 0.2) is 0 Å². The summed E-state index contributed by atoms with van der Waals surface area (Å²) < 4.78 is 33.8. The summed E-state index contributed by atoms with van der Waals surface area (Å²) in [5.41, 5.74) is 1.25. The van der Waals surface area contributed by atoms with Gasteiger partial charge in [-0.3, -0.25) is 4.72 Å². The van der Waals surface area contributed by atoms with Gasteiger partial charge >= 0.3 is 0 Å². The highest BCUT2D eigenvalue weighted by Crippen LogP contribution is 2.35. The van der Waals surface area contributed by atoms with Gasteiger partial charge in [-0.05, 0) is 31.3 Å². The number of benzene rings is 1. The fourth-order valence-electron chi connectivity index (χ4n) is 3.08. The van der Waals surface area contributed by atoms with Gasteiger partial charge in [0.05, 0.1) is 23.5 Å². The monoisotopic (exact) mass is 461 g/mol. The van der Waals surface area contributed by atoms with Gasteiger partial charge in [0, 0.05) is 42.5 Å². The van der Waals surface area contributed by atoms with Crippen LogP contribution in [0, 0.1) is 0 Å². The Balaban J connectivity index is 1.91. The van der Waals surface area contributed by atoms with Gasteiger partial charge < -0.3 is 14.5 Å². The topological polar surface area (TPSA) is 61.9 Å². The van der Waals surface area contributed by atoms with Crippen LogP contribution in [0.4, 0.5) is 11.4 Å². The summed E-state index contributed by atoms with van der Waals surface area (Å²) in [6.07, 6.45) is 1.61. The summed E-state index contributed by atoms with van der Waals surface area (Å²) in [7, 11) is -0.276. The van der Waals surface area contributed by atoms with Crippen molar-refractivity contribution < 1.29 is 13.2 Å². The molecule has 0 unspecified atom stereocenters. The fourth-order valence-corrected chi connectivity index (χ4v) is 5.43. The number of rotatable bonds is 5. The molecule has 0 saturated carbocycles. The van der Waals surface area contributed by atoms with Crippen LogP contribution in [0.3, 0.4) is 0 Å². The van der Waals surface area contributed by atoms with Crippen LogP contribution in [0.5, 0.6) is 5.75 Å². The summed E-state index contributed by atoms with van der Waals surface area (Å²) in [5, 5.41) is 0.363. The van der Waals surface area contributed by atoms with Gasteiger partial charge in [0.1, 0.15) is 10.7 Å². The first kappa shape index (κ1) is 21.4. The van der Waals surface area contributed by atoms with Crippen molar-refractivity contribution in [3.63, 3.8) is 0 Å². The van der Waals surface area contributed by atoms with Gasteiger partial charge in [-0.1, -0.05) is 35.4 Å². The van der Waals surface area contributed by atoms with Crippen LogP contribution < -0.4 is 14.4 Å². The van der Waals surface area contributed by atoms with Crippen LogP contribution in [-0.4, -0.2) is 58.5 Å². The molecule has 28 heavy (non-hydrogen) atoms. The average molecular weight is 462 g/mol. The molecular weight excluding hydrogens is 441 g/mol. The highest BCUT2D eigenvalue weighted by molar-refractivity contribution is 7.97. The van der Waals surface area contributed by atoms with E-state index >= 15 is 0 Å². The molecule has 0 atom stereocenters. The molecule has 2 aliphatic rings. The molecule has 0 amide bonds. The lowest BCUT2D eigenvalue weighted by atomic mass is 10.2. The zero-order valence-electron chi connectivity index (χ0n) is 15.5. The van der Waals surface area contributed by atoms with Crippen molar-refractivity contribution in [1.82, 2.24) is 4.90 Å². The third kappa shape index (κ3) is 4.63. The maximum atomic E-state index is 12.9. The standard InChI is InChI=1S/C18H21Cl2N3O3S2/c1-22-5-7-23(8-6-22)14-11-13(3-4-15(14)26-2)21-28(24,25)17-10-12(19)9-16(27)18(17)20/h3-4,10-11,21H,5-9H2,1-2H3. The first-order valence-corrected chi connectivity index (χ1v) is 11.3. The second kappa shape index (κ2) is 8.59. The molecule has 0 spiro atoms. The van der Waals surface area contributed by atoms with Crippen LogP contribution in [0.15, 0.2) is 39.2 Å². The number of methoxy groups -OCH3 is 1. The number of allylic oxidation sites excluding steroid dienone is 3. The number of sulfonamides is 1. The Morgan fingerprint density at radius 2 is 1.86 bits per heavy atom. The molecule has 1 saturated heterocycles. The Bertz CT molecular complexity index is 953. The van der Waals surface area contributed by atoms with E-state index in [-0.39, 0.29) is 16.4 Å². The molecule has 1 aromatic carbocycles. The number of anilines is 2. The predicted octanol–water partition coefficient (Wildman–Crippen LogP) is 3.54. The summed E-state index contributed by atoms with van der Waals surface area (Å²) in [4.78, 5) is 4.61. The molecule has 152 valence electrons.